The zero-order valence-corrected chi connectivity index (χ0v) is 29.1. The first-order chi connectivity index (χ1) is 23.1. The number of amidine groups is 1. The Kier molecular flexibility index (Phi) is 16.7. The lowest BCUT2D eigenvalue weighted by Gasteiger charge is -2.16. The van der Waals surface area contributed by atoms with Crippen molar-refractivity contribution in [2.45, 2.75) is 115 Å². The fourth-order valence-electron chi connectivity index (χ4n) is 5.73. The van der Waals surface area contributed by atoms with Gasteiger partial charge in [0, 0.05) is 11.3 Å². The first kappa shape index (κ1) is 38.8. The highest BCUT2D eigenvalue weighted by atomic mass is 32.2. The maximum atomic E-state index is 12.7. The molecule has 0 radical (unpaired) electrons. The van der Waals surface area contributed by atoms with Gasteiger partial charge in [0.25, 0.3) is 0 Å². The Balaban J connectivity index is 1.32. The number of hydrogen-bond acceptors (Lipinski definition) is 7. The molecule has 1 heterocycles. The second-order valence-corrected chi connectivity index (χ2v) is 14.5. The van der Waals surface area contributed by atoms with Crippen LogP contribution in [-0.2, 0) is 26.0 Å². The molecule has 2 aromatic carbocycles. The smallest absolute Gasteiger partial charge is 0.414 e. The number of nitrogen functional groups attached to an aromatic ring is 1. The Bertz CT molecular complexity index is 1380. The molecule has 0 spiro atoms. The number of hydrogen-bond donors (Lipinski definition) is 4. The highest BCUT2D eigenvalue weighted by Gasteiger charge is 2.33. The van der Waals surface area contributed by atoms with Crippen LogP contribution in [0.25, 0.3) is 0 Å². The molecule has 2 unspecified atom stereocenters. The molecule has 0 bridgehead atoms. The summed E-state index contributed by atoms with van der Waals surface area (Å²) in [4.78, 5) is 25.7. The fraction of sp³-hybridized carbons (Fsp3) is 0.583. The minimum atomic E-state index is -3.74. The first-order valence-electron chi connectivity index (χ1n) is 17.4. The molecule has 5 N–H and O–H groups in total. The van der Waals surface area contributed by atoms with E-state index in [4.69, 9.17) is 20.6 Å². The lowest BCUT2D eigenvalue weighted by Crippen LogP contribution is -2.43. The van der Waals surface area contributed by atoms with Crippen molar-refractivity contribution in [3.05, 3.63) is 59.7 Å². The molecular formula is C36H54N4O7S. The fourth-order valence-corrected chi connectivity index (χ4v) is 7.05. The lowest BCUT2D eigenvalue weighted by atomic mass is 10.0. The quantitative estimate of drug-likeness (QED) is 0.0503. The SMILES string of the molecule is CCCCCCCCCCCCCCCCS(=O)(=O)NC(Cc1ccc(OCC2CN(c3ccc(C(=N)N)cc3)C(=O)O2)cc1)C(=O)O. The van der Waals surface area contributed by atoms with Gasteiger partial charge in [-0.15, -0.1) is 0 Å². The number of amides is 1. The molecule has 11 nitrogen and oxygen atoms in total. The van der Waals surface area contributed by atoms with E-state index in [1.54, 1.807) is 48.5 Å². The number of rotatable bonds is 25. The van der Waals surface area contributed by atoms with Crippen molar-refractivity contribution in [1.29, 1.82) is 5.41 Å². The number of sulfonamides is 1. The number of benzene rings is 2. The van der Waals surface area contributed by atoms with Gasteiger partial charge in [-0.05, 0) is 54.8 Å². The van der Waals surface area contributed by atoms with E-state index >= 15 is 0 Å². The van der Waals surface area contributed by atoms with Crippen LogP contribution < -0.4 is 20.1 Å². The Labute approximate surface area is 286 Å². The zero-order chi connectivity index (χ0) is 34.8. The molecule has 1 aliphatic heterocycles. The van der Waals surface area contributed by atoms with E-state index in [-0.39, 0.29) is 31.2 Å². The molecule has 2 atom stereocenters. The van der Waals surface area contributed by atoms with Gasteiger partial charge in [0.1, 0.15) is 24.2 Å². The van der Waals surface area contributed by atoms with Crippen molar-refractivity contribution in [1.82, 2.24) is 4.72 Å². The highest BCUT2D eigenvalue weighted by Crippen LogP contribution is 2.23. The number of carboxylic acid groups (broad SMARTS) is 1. The Morgan fingerprint density at radius 3 is 2.00 bits per heavy atom. The number of carboxylic acids is 1. The average molecular weight is 687 g/mol. The van der Waals surface area contributed by atoms with Gasteiger partial charge in [-0.3, -0.25) is 15.1 Å². The summed E-state index contributed by atoms with van der Waals surface area (Å²) in [5.41, 5.74) is 7.31. The number of ether oxygens (including phenoxy) is 2. The molecule has 2 aromatic rings. The number of cyclic esters (lactones) is 1. The summed E-state index contributed by atoms with van der Waals surface area (Å²) in [6.07, 6.45) is 15.4. The normalized spacial score (nSPS) is 15.3. The van der Waals surface area contributed by atoms with Gasteiger partial charge in [0.15, 0.2) is 6.10 Å². The monoisotopic (exact) mass is 686 g/mol. The Hall–Kier alpha value is -3.64. The van der Waals surface area contributed by atoms with Crippen LogP contribution in [0.1, 0.15) is 108 Å². The number of carbonyl (C=O) groups is 2. The number of nitrogens with two attached hydrogens (primary N) is 1. The van der Waals surface area contributed by atoms with Crippen molar-refractivity contribution >= 4 is 33.6 Å². The van der Waals surface area contributed by atoms with Crippen molar-refractivity contribution in [3.8, 4) is 5.75 Å². The van der Waals surface area contributed by atoms with Crippen molar-refractivity contribution in [2.24, 2.45) is 5.73 Å². The maximum Gasteiger partial charge on any atom is 0.414 e. The van der Waals surface area contributed by atoms with E-state index in [0.717, 1.165) is 19.3 Å². The summed E-state index contributed by atoms with van der Waals surface area (Å²) in [7, 11) is -3.74. The molecule has 0 aromatic heterocycles. The van der Waals surface area contributed by atoms with E-state index < -0.39 is 34.2 Å². The van der Waals surface area contributed by atoms with Gasteiger partial charge >= 0.3 is 12.1 Å². The van der Waals surface area contributed by atoms with Crippen molar-refractivity contribution in [3.63, 3.8) is 0 Å². The van der Waals surface area contributed by atoms with Crippen LogP contribution >= 0.6 is 0 Å². The van der Waals surface area contributed by atoms with E-state index in [9.17, 15) is 23.1 Å². The molecule has 48 heavy (non-hydrogen) atoms. The second kappa shape index (κ2) is 20.7. The standard InChI is InChI=1S/C36H54N4O7S/c1-2-3-4-5-6-7-8-9-10-11-12-13-14-15-24-48(44,45)39-33(35(41)42)25-28-16-22-31(23-17-28)46-27-32-26-40(36(43)47-32)30-20-18-29(19-21-30)34(37)38/h16-23,32-33,39H,2-15,24-27H2,1H3,(H3,37,38)(H,41,42). The third-order valence-electron chi connectivity index (χ3n) is 8.55. The number of anilines is 1. The van der Waals surface area contributed by atoms with Gasteiger partial charge in [-0.1, -0.05) is 103 Å². The van der Waals surface area contributed by atoms with E-state index in [1.165, 1.54) is 69.1 Å². The van der Waals surface area contributed by atoms with Crippen molar-refractivity contribution in [2.75, 3.05) is 23.8 Å². The minimum absolute atomic E-state index is 0.00873. The molecular weight excluding hydrogens is 632 g/mol. The van der Waals surface area contributed by atoms with Crippen LogP contribution in [0.3, 0.4) is 0 Å². The molecule has 0 aliphatic carbocycles. The summed E-state index contributed by atoms with van der Waals surface area (Å²) in [6.45, 7) is 2.64. The minimum Gasteiger partial charge on any atom is -0.490 e. The van der Waals surface area contributed by atoms with E-state index in [1.807, 2.05) is 0 Å². The number of nitrogens with zero attached hydrogens (tertiary/aromatic N) is 1. The average Bonchev–Trinajstić information content (AvgIpc) is 3.44. The number of nitrogens with one attached hydrogen (secondary N) is 2. The summed E-state index contributed by atoms with van der Waals surface area (Å²) >= 11 is 0. The largest absolute Gasteiger partial charge is 0.490 e. The van der Waals surface area contributed by atoms with E-state index in [2.05, 4.69) is 11.6 Å². The second-order valence-electron chi connectivity index (χ2n) is 12.7. The molecule has 1 aliphatic rings. The van der Waals surface area contributed by atoms with Gasteiger partial charge in [0.05, 0.1) is 12.3 Å². The van der Waals surface area contributed by atoms with Gasteiger partial charge in [0.2, 0.25) is 10.0 Å². The number of aliphatic carboxylic acids is 1. The molecule has 1 fully saturated rings. The van der Waals surface area contributed by atoms with Gasteiger partial charge in [-0.25, -0.2) is 17.9 Å². The summed E-state index contributed by atoms with van der Waals surface area (Å²) in [6, 6.07) is 12.2. The van der Waals surface area contributed by atoms with Gasteiger partial charge < -0.3 is 20.3 Å². The van der Waals surface area contributed by atoms with Crippen LogP contribution in [0.15, 0.2) is 48.5 Å². The molecule has 1 amide bonds. The summed E-state index contributed by atoms with van der Waals surface area (Å²) in [5, 5.41) is 17.2. The Morgan fingerprint density at radius 2 is 1.48 bits per heavy atom. The van der Waals surface area contributed by atoms with Crippen LogP contribution in [0.4, 0.5) is 10.5 Å². The lowest BCUT2D eigenvalue weighted by molar-refractivity contribution is -0.138. The Morgan fingerprint density at radius 1 is 0.938 bits per heavy atom. The van der Waals surface area contributed by atoms with Crippen LogP contribution in [0, 0.1) is 5.41 Å². The predicted molar refractivity (Wildman–Crippen MR) is 189 cm³/mol. The van der Waals surface area contributed by atoms with Crippen LogP contribution in [0.2, 0.25) is 0 Å². The summed E-state index contributed by atoms with van der Waals surface area (Å²) in [5.74, 6) is -0.875. The third-order valence-corrected chi connectivity index (χ3v) is 10.0. The maximum absolute atomic E-state index is 12.7. The first-order valence-corrected chi connectivity index (χ1v) is 19.1. The predicted octanol–water partition coefficient (Wildman–Crippen LogP) is 6.77. The number of carbonyl (C=O) groups excluding carboxylic acids is 1. The topological polar surface area (TPSA) is 172 Å². The van der Waals surface area contributed by atoms with Crippen molar-refractivity contribution < 1.29 is 32.6 Å². The van der Waals surface area contributed by atoms with E-state index in [0.29, 0.717) is 29.0 Å². The molecule has 266 valence electrons. The number of unbranched alkanes of at least 4 members (excludes halogenated alkanes) is 13. The summed E-state index contributed by atoms with van der Waals surface area (Å²) < 4.78 is 38.9. The van der Waals surface area contributed by atoms with Gasteiger partial charge in [-0.2, -0.15) is 0 Å². The molecule has 12 heteroatoms. The van der Waals surface area contributed by atoms with Crippen LogP contribution in [-0.4, -0.2) is 62.5 Å². The molecule has 3 rings (SSSR count). The van der Waals surface area contributed by atoms with Crippen LogP contribution in [0.5, 0.6) is 5.75 Å². The molecule has 0 saturated carbocycles. The molecule has 1 saturated heterocycles. The zero-order valence-electron chi connectivity index (χ0n) is 28.3. The highest BCUT2D eigenvalue weighted by molar-refractivity contribution is 7.89. The third kappa shape index (κ3) is 14.2.